The molecule has 0 radical (unpaired) electrons. The van der Waals surface area contributed by atoms with E-state index in [1.165, 1.54) is 0 Å². The van der Waals surface area contributed by atoms with Crippen molar-refractivity contribution in [2.75, 3.05) is 5.32 Å². The molecule has 4 rings (SSSR count). The molecule has 0 spiro atoms. The van der Waals surface area contributed by atoms with Crippen molar-refractivity contribution in [2.24, 2.45) is 5.92 Å². The van der Waals surface area contributed by atoms with Crippen LogP contribution >= 0.6 is 28.1 Å². The Labute approximate surface area is 159 Å². The lowest BCUT2D eigenvalue weighted by Gasteiger charge is -2.50. The van der Waals surface area contributed by atoms with E-state index in [-0.39, 0.29) is 11.9 Å². The highest BCUT2D eigenvalue weighted by atomic mass is 79.9. The number of thiocarbonyl (C=S) groups is 1. The second kappa shape index (κ2) is 6.00. The maximum Gasteiger partial charge on any atom is 0.236 e. The highest BCUT2D eigenvalue weighted by Crippen LogP contribution is 2.45. The SMILES string of the molecule is C[C@@]12NC(=S)N[C@@H](c3cc(Br)ccc3O1)[C@H]2C(=O)Nc1ccccc1. The van der Waals surface area contributed by atoms with E-state index in [9.17, 15) is 4.79 Å². The molecule has 1 saturated heterocycles. The lowest BCUT2D eigenvalue weighted by Crippen LogP contribution is -2.70. The Balaban J connectivity index is 1.74. The van der Waals surface area contributed by atoms with Gasteiger partial charge in [-0.3, -0.25) is 4.79 Å². The van der Waals surface area contributed by atoms with Crippen molar-refractivity contribution < 1.29 is 9.53 Å². The molecule has 1 fully saturated rings. The summed E-state index contributed by atoms with van der Waals surface area (Å²) < 4.78 is 7.09. The van der Waals surface area contributed by atoms with E-state index >= 15 is 0 Å². The Morgan fingerprint density at radius 3 is 2.80 bits per heavy atom. The zero-order valence-corrected chi connectivity index (χ0v) is 15.8. The average molecular weight is 418 g/mol. The summed E-state index contributed by atoms with van der Waals surface area (Å²) >= 11 is 8.80. The third-order valence-electron chi connectivity index (χ3n) is 4.53. The van der Waals surface area contributed by atoms with Crippen molar-refractivity contribution in [1.82, 2.24) is 10.6 Å². The summed E-state index contributed by atoms with van der Waals surface area (Å²) in [6, 6.07) is 14.9. The predicted molar refractivity (Wildman–Crippen MR) is 103 cm³/mol. The van der Waals surface area contributed by atoms with Crippen LogP contribution in [0.4, 0.5) is 5.69 Å². The molecular formula is C18H16BrN3O2S. The molecule has 3 atom stereocenters. The molecule has 2 aliphatic rings. The van der Waals surface area contributed by atoms with Crippen LogP contribution in [-0.2, 0) is 4.79 Å². The standard InChI is InChI=1S/C18H16BrN3O2S/c1-18-14(16(23)20-11-5-3-2-4-6-11)15(21-17(25)22-18)12-9-10(19)7-8-13(12)24-18/h2-9,14-15H,1H3,(H,20,23)(H2,21,22,25)/t14-,15-,18+/m0/s1. The first-order valence-electron chi connectivity index (χ1n) is 7.89. The fourth-order valence-corrected chi connectivity index (χ4v) is 4.16. The predicted octanol–water partition coefficient (Wildman–Crippen LogP) is 3.33. The Morgan fingerprint density at radius 1 is 1.28 bits per heavy atom. The maximum absolute atomic E-state index is 13.1. The molecule has 25 heavy (non-hydrogen) atoms. The van der Waals surface area contributed by atoms with Gasteiger partial charge in [0.2, 0.25) is 5.91 Å². The number of fused-ring (bicyclic) bond motifs is 4. The third-order valence-corrected chi connectivity index (χ3v) is 5.24. The van der Waals surface area contributed by atoms with Gasteiger partial charge in [0, 0.05) is 15.7 Å². The van der Waals surface area contributed by atoms with Gasteiger partial charge in [0.15, 0.2) is 10.8 Å². The van der Waals surface area contributed by atoms with E-state index in [4.69, 9.17) is 17.0 Å². The zero-order valence-electron chi connectivity index (χ0n) is 13.4. The van der Waals surface area contributed by atoms with E-state index in [1.807, 2.05) is 55.5 Å². The summed E-state index contributed by atoms with van der Waals surface area (Å²) in [4.78, 5) is 13.1. The molecule has 128 valence electrons. The highest BCUT2D eigenvalue weighted by molar-refractivity contribution is 9.10. The number of benzene rings is 2. The van der Waals surface area contributed by atoms with Gasteiger partial charge < -0.3 is 20.7 Å². The normalized spacial score (nSPS) is 26.6. The number of hydrogen-bond acceptors (Lipinski definition) is 3. The number of halogens is 1. The second-order valence-corrected chi connectivity index (χ2v) is 7.62. The van der Waals surface area contributed by atoms with Crippen LogP contribution in [0.15, 0.2) is 53.0 Å². The summed E-state index contributed by atoms with van der Waals surface area (Å²) in [5.74, 6) is 0.106. The number of anilines is 1. The number of carbonyl (C=O) groups is 1. The van der Waals surface area contributed by atoms with E-state index in [0.717, 1.165) is 21.5 Å². The van der Waals surface area contributed by atoms with Crippen molar-refractivity contribution in [1.29, 1.82) is 0 Å². The minimum absolute atomic E-state index is 0.133. The van der Waals surface area contributed by atoms with Crippen LogP contribution in [0.1, 0.15) is 18.5 Å². The fourth-order valence-electron chi connectivity index (χ4n) is 3.45. The number of nitrogens with one attached hydrogen (secondary N) is 3. The summed E-state index contributed by atoms with van der Waals surface area (Å²) in [7, 11) is 0. The second-order valence-electron chi connectivity index (χ2n) is 6.30. The molecule has 0 aliphatic carbocycles. The smallest absolute Gasteiger partial charge is 0.236 e. The number of ether oxygens (including phenoxy) is 1. The van der Waals surface area contributed by atoms with Crippen molar-refractivity contribution in [3.8, 4) is 5.75 Å². The van der Waals surface area contributed by atoms with Gasteiger partial charge in [0.05, 0.1) is 6.04 Å². The molecule has 5 nitrogen and oxygen atoms in total. The zero-order chi connectivity index (χ0) is 17.6. The topological polar surface area (TPSA) is 62.4 Å². The number of rotatable bonds is 2. The quantitative estimate of drug-likeness (QED) is 0.654. The highest BCUT2D eigenvalue weighted by Gasteiger charge is 2.54. The molecule has 0 aromatic heterocycles. The van der Waals surface area contributed by atoms with Gasteiger partial charge in [-0.05, 0) is 49.5 Å². The van der Waals surface area contributed by atoms with Crippen molar-refractivity contribution >= 4 is 44.9 Å². The van der Waals surface area contributed by atoms with Crippen LogP contribution < -0.4 is 20.7 Å². The Morgan fingerprint density at radius 2 is 2.04 bits per heavy atom. The molecule has 3 N–H and O–H groups in total. The Bertz CT molecular complexity index is 861. The molecular weight excluding hydrogens is 402 g/mol. The monoisotopic (exact) mass is 417 g/mol. The first-order chi connectivity index (χ1) is 12.0. The average Bonchev–Trinajstić information content (AvgIpc) is 2.55. The molecule has 2 aliphatic heterocycles. The first-order valence-corrected chi connectivity index (χ1v) is 9.09. The van der Waals surface area contributed by atoms with Crippen LogP contribution in [0, 0.1) is 5.92 Å². The van der Waals surface area contributed by atoms with Crippen molar-refractivity contribution in [3.05, 3.63) is 58.6 Å². The summed E-state index contributed by atoms with van der Waals surface area (Å²) in [5.41, 5.74) is 0.730. The molecule has 2 bridgehead atoms. The number of carbonyl (C=O) groups excluding carboxylic acids is 1. The molecule has 2 aromatic rings. The van der Waals surface area contributed by atoms with Crippen LogP contribution in [-0.4, -0.2) is 16.7 Å². The minimum Gasteiger partial charge on any atom is -0.467 e. The van der Waals surface area contributed by atoms with Crippen molar-refractivity contribution in [2.45, 2.75) is 18.7 Å². The summed E-state index contributed by atoms with van der Waals surface area (Å²) in [5, 5.41) is 9.80. The van der Waals surface area contributed by atoms with Crippen molar-refractivity contribution in [3.63, 3.8) is 0 Å². The fraction of sp³-hybridized carbons (Fsp3) is 0.222. The molecule has 0 saturated carbocycles. The third kappa shape index (κ3) is 2.87. The van der Waals surface area contributed by atoms with Gasteiger partial charge in [-0.25, -0.2) is 0 Å². The van der Waals surface area contributed by atoms with Gasteiger partial charge in [-0.1, -0.05) is 34.1 Å². The first kappa shape index (κ1) is 16.4. The number of para-hydroxylation sites is 1. The Hall–Kier alpha value is -2.12. The lowest BCUT2D eigenvalue weighted by molar-refractivity contribution is -0.132. The van der Waals surface area contributed by atoms with Gasteiger partial charge in [-0.15, -0.1) is 0 Å². The number of hydrogen-bond donors (Lipinski definition) is 3. The maximum atomic E-state index is 13.1. The van der Waals surface area contributed by atoms with Gasteiger partial charge in [-0.2, -0.15) is 0 Å². The van der Waals surface area contributed by atoms with Gasteiger partial charge in [0.1, 0.15) is 11.7 Å². The minimum atomic E-state index is -0.924. The van der Waals surface area contributed by atoms with Crippen LogP contribution in [0.25, 0.3) is 0 Å². The molecule has 1 amide bonds. The van der Waals surface area contributed by atoms with E-state index < -0.39 is 11.6 Å². The van der Waals surface area contributed by atoms with E-state index in [1.54, 1.807) is 0 Å². The molecule has 7 heteroatoms. The van der Waals surface area contributed by atoms with Gasteiger partial charge >= 0.3 is 0 Å². The number of amides is 1. The molecule has 0 unspecified atom stereocenters. The van der Waals surface area contributed by atoms with Crippen LogP contribution in [0.5, 0.6) is 5.75 Å². The van der Waals surface area contributed by atoms with Crippen LogP contribution in [0.3, 0.4) is 0 Å². The largest absolute Gasteiger partial charge is 0.467 e. The van der Waals surface area contributed by atoms with E-state index in [0.29, 0.717) is 5.11 Å². The molecule has 2 heterocycles. The summed E-state index contributed by atoms with van der Waals surface area (Å²) in [6.45, 7) is 1.85. The molecule has 2 aromatic carbocycles. The van der Waals surface area contributed by atoms with Crippen LogP contribution in [0.2, 0.25) is 0 Å². The van der Waals surface area contributed by atoms with E-state index in [2.05, 4.69) is 31.9 Å². The Kier molecular flexibility index (Phi) is 3.92. The van der Waals surface area contributed by atoms with Gasteiger partial charge in [0.25, 0.3) is 0 Å². The lowest BCUT2D eigenvalue weighted by atomic mass is 9.80. The summed E-state index contributed by atoms with van der Waals surface area (Å²) in [6.07, 6.45) is 0.